The first-order chi connectivity index (χ1) is 14.9. The first-order valence-corrected chi connectivity index (χ1v) is 10.5. The molecule has 3 heterocycles. The van der Waals surface area contributed by atoms with Crippen molar-refractivity contribution in [1.29, 1.82) is 0 Å². The number of fused-ring (bicyclic) bond motifs is 2. The zero-order valence-electron chi connectivity index (χ0n) is 17.4. The van der Waals surface area contributed by atoms with Crippen LogP contribution in [0.2, 0.25) is 0 Å². The van der Waals surface area contributed by atoms with Crippen molar-refractivity contribution in [2.45, 2.75) is 56.8 Å². The summed E-state index contributed by atoms with van der Waals surface area (Å²) in [5.41, 5.74) is 4.93. The number of anilines is 1. The van der Waals surface area contributed by atoms with Gasteiger partial charge in [-0.25, -0.2) is 15.4 Å². The van der Waals surface area contributed by atoms with Crippen LogP contribution in [-0.2, 0) is 28.0 Å². The van der Waals surface area contributed by atoms with E-state index in [1.54, 1.807) is 23.8 Å². The van der Waals surface area contributed by atoms with Crippen LogP contribution in [0.25, 0.3) is 11.0 Å². The third-order valence-electron chi connectivity index (χ3n) is 6.34. The number of aromatic nitrogens is 3. The third kappa shape index (κ3) is 3.20. The molecule has 1 aliphatic carbocycles. The minimum absolute atomic E-state index is 0.461. The Morgan fingerprint density at radius 1 is 1.19 bits per heavy atom. The van der Waals surface area contributed by atoms with E-state index in [0.29, 0.717) is 29.0 Å². The molecule has 0 amide bonds. The quantitative estimate of drug-likeness (QED) is 0.437. The van der Waals surface area contributed by atoms with Gasteiger partial charge >= 0.3 is 0 Å². The molecule has 2 aromatic heterocycles. The van der Waals surface area contributed by atoms with Crippen molar-refractivity contribution in [3.8, 4) is 0 Å². The second-order valence-electron chi connectivity index (χ2n) is 8.28. The molecule has 2 aliphatic rings. The molecule has 3 aromatic rings. The number of nitrogens with zero attached hydrogens (tertiary/aromatic N) is 3. The van der Waals surface area contributed by atoms with E-state index in [1.165, 1.54) is 17.5 Å². The zero-order chi connectivity index (χ0) is 21.8. The number of aliphatic hydroxyl groups is 3. The molecule has 1 aliphatic heterocycles. The predicted octanol–water partition coefficient (Wildman–Crippen LogP) is 1.42. The summed E-state index contributed by atoms with van der Waals surface area (Å²) in [7, 11) is 0. The van der Waals surface area contributed by atoms with Gasteiger partial charge in [0, 0.05) is 6.20 Å². The summed E-state index contributed by atoms with van der Waals surface area (Å²) >= 11 is 0. The van der Waals surface area contributed by atoms with Gasteiger partial charge in [0.15, 0.2) is 12.0 Å². The van der Waals surface area contributed by atoms with Crippen molar-refractivity contribution in [3.05, 3.63) is 53.5 Å². The Balaban J connectivity index is 1.46. The van der Waals surface area contributed by atoms with Gasteiger partial charge in [-0.3, -0.25) is 4.84 Å². The van der Waals surface area contributed by atoms with E-state index >= 15 is 0 Å². The molecule has 0 spiro atoms. The maximum Gasteiger partial charge on any atom is 0.164 e. The molecule has 9 nitrogen and oxygen atoms in total. The van der Waals surface area contributed by atoms with Crippen molar-refractivity contribution in [1.82, 2.24) is 14.5 Å². The van der Waals surface area contributed by atoms with Gasteiger partial charge in [0.05, 0.1) is 12.0 Å². The fraction of sp³-hybridized carbons (Fsp3) is 0.455. The maximum absolute atomic E-state index is 11.3. The van der Waals surface area contributed by atoms with Crippen LogP contribution in [0.3, 0.4) is 0 Å². The monoisotopic (exact) mass is 426 g/mol. The summed E-state index contributed by atoms with van der Waals surface area (Å²) in [4.78, 5) is 13.7. The molecule has 1 saturated heterocycles. The fourth-order valence-corrected chi connectivity index (χ4v) is 4.43. The van der Waals surface area contributed by atoms with Crippen LogP contribution < -0.4 is 5.48 Å². The standard InChI is InChI=1S/C22H26N4O5/c1-3-30-25-19-15-8-9-26(20(15)24-11-23-19)21-17(28)16(27)18(31-21)22(2,29)14-7-6-12-4-5-13(12)10-14/h6-11,16-18,21,27-29H,3-5H2,1-2H3,(H,23,24,25)/t16-,17+,18+,21+,22?/m0/s1. The van der Waals surface area contributed by atoms with Crippen molar-refractivity contribution in [2.75, 3.05) is 12.1 Å². The average molecular weight is 426 g/mol. The van der Waals surface area contributed by atoms with Gasteiger partial charge in [0.2, 0.25) is 0 Å². The predicted molar refractivity (Wildman–Crippen MR) is 112 cm³/mol. The van der Waals surface area contributed by atoms with E-state index in [-0.39, 0.29) is 0 Å². The van der Waals surface area contributed by atoms with Crippen LogP contribution in [0, 0.1) is 0 Å². The number of hydrogen-bond donors (Lipinski definition) is 4. The van der Waals surface area contributed by atoms with Gasteiger partial charge in [0.25, 0.3) is 0 Å². The summed E-state index contributed by atoms with van der Waals surface area (Å²) < 4.78 is 7.70. The number of rotatable bonds is 6. The lowest BCUT2D eigenvalue weighted by atomic mass is 9.81. The van der Waals surface area contributed by atoms with E-state index in [2.05, 4.69) is 15.4 Å². The minimum atomic E-state index is -1.49. The number of aryl methyl sites for hydroxylation is 2. The Labute approximate surface area is 179 Å². The Morgan fingerprint density at radius 3 is 2.71 bits per heavy atom. The van der Waals surface area contributed by atoms with E-state index in [1.807, 2.05) is 25.1 Å². The van der Waals surface area contributed by atoms with Gasteiger partial charge in [-0.15, -0.1) is 0 Å². The minimum Gasteiger partial charge on any atom is -0.387 e. The van der Waals surface area contributed by atoms with Crippen molar-refractivity contribution >= 4 is 16.9 Å². The summed E-state index contributed by atoms with van der Waals surface area (Å²) in [5, 5.41) is 33.6. The van der Waals surface area contributed by atoms with Gasteiger partial charge in [-0.1, -0.05) is 18.2 Å². The molecule has 0 bridgehead atoms. The van der Waals surface area contributed by atoms with Crippen LogP contribution in [0.1, 0.15) is 36.8 Å². The molecular formula is C22H26N4O5. The third-order valence-corrected chi connectivity index (χ3v) is 6.34. The van der Waals surface area contributed by atoms with E-state index in [4.69, 9.17) is 9.57 Å². The normalized spacial score (nSPS) is 27.0. The molecule has 1 aromatic carbocycles. The fourth-order valence-electron chi connectivity index (χ4n) is 4.43. The van der Waals surface area contributed by atoms with Crippen LogP contribution in [0.15, 0.2) is 36.8 Å². The molecule has 4 N–H and O–H groups in total. The first-order valence-electron chi connectivity index (χ1n) is 10.5. The summed E-state index contributed by atoms with van der Waals surface area (Å²) in [6, 6.07) is 7.60. The number of ether oxygens (including phenoxy) is 1. The van der Waals surface area contributed by atoms with Crippen LogP contribution in [-0.4, -0.2) is 54.8 Å². The lowest BCUT2D eigenvalue weighted by Crippen LogP contribution is -2.45. The van der Waals surface area contributed by atoms with Gasteiger partial charge in [-0.05, 0) is 49.4 Å². The van der Waals surface area contributed by atoms with Crippen molar-refractivity contribution < 1.29 is 24.9 Å². The Bertz CT molecular complexity index is 1110. The molecule has 1 unspecified atom stereocenters. The number of nitrogens with one attached hydrogen (secondary N) is 1. The lowest BCUT2D eigenvalue weighted by Gasteiger charge is -2.33. The highest BCUT2D eigenvalue weighted by Gasteiger charge is 2.52. The number of benzene rings is 1. The average Bonchev–Trinajstić information content (AvgIpc) is 3.29. The van der Waals surface area contributed by atoms with Crippen LogP contribution in [0.5, 0.6) is 0 Å². The highest BCUT2D eigenvalue weighted by atomic mass is 16.6. The molecule has 5 atom stereocenters. The van der Waals surface area contributed by atoms with Crippen LogP contribution in [0.4, 0.5) is 5.82 Å². The van der Waals surface area contributed by atoms with Gasteiger partial charge in [0.1, 0.15) is 35.9 Å². The summed E-state index contributed by atoms with van der Waals surface area (Å²) in [5.74, 6) is 0.490. The highest BCUT2D eigenvalue weighted by Crippen LogP contribution is 2.41. The van der Waals surface area contributed by atoms with Crippen molar-refractivity contribution in [3.63, 3.8) is 0 Å². The topological polar surface area (TPSA) is 122 Å². The largest absolute Gasteiger partial charge is 0.387 e. The zero-order valence-corrected chi connectivity index (χ0v) is 17.4. The SMILES string of the molecule is CCONc1ncnc2c1ccn2[C@@H]1O[C@@H](C(C)(O)c2ccc3c(c2)CC3)[C@@H](O)[C@H]1O. The van der Waals surface area contributed by atoms with Crippen molar-refractivity contribution in [2.24, 2.45) is 0 Å². The first kappa shape index (κ1) is 20.3. The second-order valence-corrected chi connectivity index (χ2v) is 8.28. The Hall–Kier alpha value is -2.56. The highest BCUT2D eigenvalue weighted by molar-refractivity contribution is 5.87. The molecular weight excluding hydrogens is 400 g/mol. The lowest BCUT2D eigenvalue weighted by molar-refractivity contribution is -0.135. The summed E-state index contributed by atoms with van der Waals surface area (Å²) in [6.07, 6.45) is 0.627. The van der Waals surface area contributed by atoms with E-state index < -0.39 is 30.1 Å². The molecule has 31 heavy (non-hydrogen) atoms. The molecule has 5 rings (SSSR count). The smallest absolute Gasteiger partial charge is 0.164 e. The number of aliphatic hydroxyl groups excluding tert-OH is 2. The van der Waals surface area contributed by atoms with Gasteiger partial charge in [-0.2, -0.15) is 0 Å². The molecule has 0 saturated carbocycles. The summed E-state index contributed by atoms with van der Waals surface area (Å²) in [6.45, 7) is 3.92. The van der Waals surface area contributed by atoms with Crippen LogP contribution >= 0.6 is 0 Å². The number of hydrogen-bond acceptors (Lipinski definition) is 8. The second kappa shape index (κ2) is 7.54. The maximum atomic E-state index is 11.3. The molecule has 164 valence electrons. The van der Waals surface area contributed by atoms with Gasteiger partial charge < -0.3 is 24.6 Å². The Kier molecular flexibility index (Phi) is 4.95. The molecule has 1 fully saturated rings. The van der Waals surface area contributed by atoms with E-state index in [0.717, 1.165) is 12.8 Å². The van der Waals surface area contributed by atoms with E-state index in [9.17, 15) is 15.3 Å². The molecule has 9 heteroatoms. The molecule has 0 radical (unpaired) electrons. The Morgan fingerprint density at radius 2 is 2.00 bits per heavy atom.